The maximum absolute atomic E-state index is 12.1. The van der Waals surface area contributed by atoms with Crippen molar-refractivity contribution in [3.05, 3.63) is 64.9 Å². The molecular formula is C17H13ClN4O2. The van der Waals surface area contributed by atoms with Crippen molar-refractivity contribution in [2.75, 3.05) is 5.32 Å². The van der Waals surface area contributed by atoms with Crippen LogP contribution < -0.4 is 5.32 Å². The Morgan fingerprint density at radius 3 is 2.54 bits per heavy atom. The van der Waals surface area contributed by atoms with E-state index in [-0.39, 0.29) is 5.56 Å². The van der Waals surface area contributed by atoms with Gasteiger partial charge in [-0.2, -0.15) is 5.10 Å². The van der Waals surface area contributed by atoms with Crippen molar-refractivity contribution in [3.8, 4) is 11.4 Å². The molecule has 1 amide bonds. The van der Waals surface area contributed by atoms with Gasteiger partial charge in [0.05, 0.1) is 0 Å². The Hall–Kier alpha value is -2.99. The molecule has 1 heterocycles. The molecule has 120 valence electrons. The number of aromatic nitrogens is 3. The Labute approximate surface area is 142 Å². The van der Waals surface area contributed by atoms with E-state index in [9.17, 15) is 9.59 Å². The minimum Gasteiger partial charge on any atom is -0.319 e. The van der Waals surface area contributed by atoms with E-state index in [1.54, 1.807) is 37.3 Å². The molecule has 0 radical (unpaired) electrons. The number of carbonyl (C=O) groups excluding carboxylic acids is 2. The van der Waals surface area contributed by atoms with Crippen LogP contribution in [0.1, 0.15) is 16.2 Å². The third kappa shape index (κ3) is 3.49. The number of anilines is 1. The fraction of sp³-hybridized carbons (Fsp3) is 0.0588. The zero-order valence-electron chi connectivity index (χ0n) is 12.7. The molecule has 3 aromatic rings. The first kappa shape index (κ1) is 15.9. The lowest BCUT2D eigenvalue weighted by Gasteiger charge is -2.06. The largest absolute Gasteiger partial charge is 0.319 e. The van der Waals surface area contributed by atoms with Crippen LogP contribution in [0.3, 0.4) is 0 Å². The van der Waals surface area contributed by atoms with E-state index in [1.165, 1.54) is 12.1 Å². The molecule has 0 aliphatic rings. The Morgan fingerprint density at radius 1 is 1.12 bits per heavy atom. The van der Waals surface area contributed by atoms with Gasteiger partial charge in [-0.15, -0.1) is 0 Å². The van der Waals surface area contributed by atoms with Crippen LogP contribution in [-0.2, 0) is 4.79 Å². The molecule has 0 spiro atoms. The van der Waals surface area contributed by atoms with Gasteiger partial charge in [0.15, 0.2) is 5.82 Å². The van der Waals surface area contributed by atoms with Crippen LogP contribution >= 0.6 is 11.6 Å². The van der Waals surface area contributed by atoms with Gasteiger partial charge in [-0.25, -0.2) is 4.98 Å². The smallest absolute Gasteiger partial charge is 0.296 e. The predicted molar refractivity (Wildman–Crippen MR) is 91.0 cm³/mol. The summed E-state index contributed by atoms with van der Waals surface area (Å²) in [5.41, 5.74) is 1.50. The number of aromatic amines is 1. The number of amides is 1. The molecule has 0 atom stereocenters. The molecule has 24 heavy (non-hydrogen) atoms. The molecule has 0 bridgehead atoms. The SMILES string of the molecule is Cc1nc(-c2cccc(NC(=O)C(=O)c3ccc(Cl)cc3)c2)n[nH]1. The summed E-state index contributed by atoms with van der Waals surface area (Å²) in [4.78, 5) is 28.5. The van der Waals surface area contributed by atoms with Gasteiger partial charge in [-0.1, -0.05) is 23.7 Å². The zero-order chi connectivity index (χ0) is 17.1. The molecule has 2 aromatic carbocycles. The molecule has 6 nitrogen and oxygen atoms in total. The summed E-state index contributed by atoms with van der Waals surface area (Å²) in [6.07, 6.45) is 0. The topological polar surface area (TPSA) is 87.7 Å². The second-order valence-electron chi connectivity index (χ2n) is 5.12. The van der Waals surface area contributed by atoms with E-state index in [1.807, 2.05) is 6.07 Å². The fourth-order valence-electron chi connectivity index (χ4n) is 2.13. The van der Waals surface area contributed by atoms with E-state index >= 15 is 0 Å². The lowest BCUT2D eigenvalue weighted by atomic mass is 10.1. The Balaban J connectivity index is 1.77. The minimum atomic E-state index is -0.722. The molecule has 1 aromatic heterocycles. The highest BCUT2D eigenvalue weighted by Crippen LogP contribution is 2.19. The molecule has 0 aliphatic carbocycles. The number of hydrogen-bond donors (Lipinski definition) is 2. The van der Waals surface area contributed by atoms with Gasteiger partial charge >= 0.3 is 0 Å². The van der Waals surface area contributed by atoms with Crippen LogP contribution in [0.25, 0.3) is 11.4 Å². The third-order valence-corrected chi connectivity index (χ3v) is 3.54. The summed E-state index contributed by atoms with van der Waals surface area (Å²) >= 11 is 5.78. The lowest BCUT2D eigenvalue weighted by molar-refractivity contribution is -0.112. The van der Waals surface area contributed by atoms with E-state index in [2.05, 4.69) is 20.5 Å². The third-order valence-electron chi connectivity index (χ3n) is 3.29. The quantitative estimate of drug-likeness (QED) is 0.563. The Morgan fingerprint density at radius 2 is 1.88 bits per heavy atom. The number of Topliss-reactive ketones (excluding diaryl/α,β-unsaturated/α-hetero) is 1. The first-order valence-electron chi connectivity index (χ1n) is 7.13. The van der Waals surface area contributed by atoms with Crippen molar-refractivity contribution in [3.63, 3.8) is 0 Å². The molecule has 0 fully saturated rings. The average molecular weight is 341 g/mol. The van der Waals surface area contributed by atoms with Gasteiger partial charge in [-0.3, -0.25) is 14.7 Å². The number of carbonyl (C=O) groups is 2. The summed E-state index contributed by atoms with van der Waals surface area (Å²) in [7, 11) is 0. The summed E-state index contributed by atoms with van der Waals surface area (Å²) in [5, 5.41) is 9.91. The number of H-pyrrole nitrogens is 1. The Kier molecular flexibility index (Phi) is 4.39. The number of rotatable bonds is 4. The number of nitrogens with zero attached hydrogens (tertiary/aromatic N) is 2. The molecule has 0 saturated carbocycles. The van der Waals surface area contributed by atoms with Crippen molar-refractivity contribution in [2.24, 2.45) is 0 Å². The van der Waals surface area contributed by atoms with Crippen molar-refractivity contribution in [1.82, 2.24) is 15.2 Å². The summed E-state index contributed by atoms with van der Waals surface area (Å²) in [5.74, 6) is -0.142. The maximum atomic E-state index is 12.1. The number of ketones is 1. The van der Waals surface area contributed by atoms with Crippen molar-refractivity contribution < 1.29 is 9.59 Å². The van der Waals surface area contributed by atoms with Gasteiger partial charge in [0, 0.05) is 21.8 Å². The van der Waals surface area contributed by atoms with E-state index in [0.717, 1.165) is 5.56 Å². The molecule has 0 aliphatic heterocycles. The second kappa shape index (κ2) is 6.64. The maximum Gasteiger partial charge on any atom is 0.296 e. The second-order valence-corrected chi connectivity index (χ2v) is 5.55. The normalized spacial score (nSPS) is 10.4. The number of aryl methyl sites for hydroxylation is 1. The molecular weight excluding hydrogens is 328 g/mol. The summed E-state index contributed by atoms with van der Waals surface area (Å²) < 4.78 is 0. The Bertz CT molecular complexity index is 903. The van der Waals surface area contributed by atoms with E-state index in [4.69, 9.17) is 11.6 Å². The number of benzene rings is 2. The first-order chi connectivity index (χ1) is 11.5. The summed E-state index contributed by atoms with van der Waals surface area (Å²) in [6.45, 7) is 1.80. The number of hydrogen-bond acceptors (Lipinski definition) is 4. The first-order valence-corrected chi connectivity index (χ1v) is 7.51. The molecule has 0 saturated heterocycles. The minimum absolute atomic E-state index is 0.276. The standard InChI is InChI=1S/C17H13ClN4O2/c1-10-19-16(22-21-10)12-3-2-4-14(9-12)20-17(24)15(23)11-5-7-13(18)8-6-11/h2-9H,1H3,(H,20,24)(H,19,21,22). The highest BCUT2D eigenvalue weighted by Gasteiger charge is 2.16. The molecule has 2 N–H and O–H groups in total. The highest BCUT2D eigenvalue weighted by atomic mass is 35.5. The van der Waals surface area contributed by atoms with E-state index < -0.39 is 11.7 Å². The number of halogens is 1. The van der Waals surface area contributed by atoms with Crippen LogP contribution in [0.5, 0.6) is 0 Å². The fourth-order valence-corrected chi connectivity index (χ4v) is 2.25. The molecule has 0 unspecified atom stereocenters. The van der Waals surface area contributed by atoms with Gasteiger partial charge in [-0.05, 0) is 43.3 Å². The molecule has 3 rings (SSSR count). The van der Waals surface area contributed by atoms with Gasteiger partial charge < -0.3 is 5.32 Å². The number of nitrogens with one attached hydrogen (secondary N) is 2. The van der Waals surface area contributed by atoms with Gasteiger partial charge in [0.2, 0.25) is 0 Å². The predicted octanol–water partition coefficient (Wildman–Crippen LogP) is 3.25. The van der Waals surface area contributed by atoms with Crippen molar-refractivity contribution >= 4 is 29.0 Å². The van der Waals surface area contributed by atoms with Gasteiger partial charge in [0.25, 0.3) is 11.7 Å². The summed E-state index contributed by atoms with van der Waals surface area (Å²) in [6, 6.07) is 13.1. The van der Waals surface area contributed by atoms with E-state index in [0.29, 0.717) is 22.4 Å². The highest BCUT2D eigenvalue weighted by molar-refractivity contribution is 6.46. The van der Waals surface area contributed by atoms with Crippen LogP contribution in [0.2, 0.25) is 5.02 Å². The van der Waals surface area contributed by atoms with Crippen LogP contribution in [-0.4, -0.2) is 26.9 Å². The van der Waals surface area contributed by atoms with Crippen LogP contribution in [0, 0.1) is 6.92 Å². The van der Waals surface area contributed by atoms with Crippen molar-refractivity contribution in [1.29, 1.82) is 0 Å². The monoisotopic (exact) mass is 340 g/mol. The van der Waals surface area contributed by atoms with Crippen molar-refractivity contribution in [2.45, 2.75) is 6.92 Å². The average Bonchev–Trinajstić information content (AvgIpc) is 3.02. The zero-order valence-corrected chi connectivity index (χ0v) is 13.5. The van der Waals surface area contributed by atoms with Crippen LogP contribution in [0.4, 0.5) is 5.69 Å². The van der Waals surface area contributed by atoms with Gasteiger partial charge in [0.1, 0.15) is 5.82 Å². The van der Waals surface area contributed by atoms with Crippen LogP contribution in [0.15, 0.2) is 48.5 Å². The lowest BCUT2D eigenvalue weighted by Crippen LogP contribution is -2.22. The molecule has 7 heteroatoms.